The average molecular weight is 187 g/mol. The minimum absolute atomic E-state index is 0.126. The molecule has 0 aliphatic rings. The van der Waals surface area contributed by atoms with Crippen LogP contribution in [0.15, 0.2) is 11.9 Å². The van der Waals surface area contributed by atoms with Crippen LogP contribution < -0.4 is 5.32 Å². The molecule has 12 heavy (non-hydrogen) atoms. The second-order valence-corrected chi connectivity index (χ2v) is 4.92. The topological polar surface area (TPSA) is 18.5 Å². The SMILES string of the molecule is C=C([SiH3])NC(C)(N(C)C)N(C)C. The summed E-state index contributed by atoms with van der Waals surface area (Å²) < 4.78 is 0. The fourth-order valence-electron chi connectivity index (χ4n) is 1.03. The van der Waals surface area contributed by atoms with E-state index in [-0.39, 0.29) is 5.79 Å². The van der Waals surface area contributed by atoms with E-state index in [0.717, 1.165) is 15.6 Å². The maximum Gasteiger partial charge on any atom is 0.144 e. The van der Waals surface area contributed by atoms with Crippen molar-refractivity contribution < 1.29 is 0 Å². The third-order valence-corrected chi connectivity index (χ3v) is 2.44. The number of hydrogen-bond donors (Lipinski definition) is 1. The second kappa shape index (κ2) is 4.07. The minimum atomic E-state index is -0.126. The summed E-state index contributed by atoms with van der Waals surface area (Å²) in [6.07, 6.45) is 0. The lowest BCUT2D eigenvalue weighted by Crippen LogP contribution is -2.62. The fourth-order valence-corrected chi connectivity index (χ4v) is 1.50. The first-order chi connectivity index (χ1) is 5.30. The van der Waals surface area contributed by atoms with Gasteiger partial charge < -0.3 is 5.32 Å². The van der Waals surface area contributed by atoms with Gasteiger partial charge in [0.15, 0.2) is 0 Å². The molecule has 0 fully saturated rings. The highest BCUT2D eigenvalue weighted by molar-refractivity contribution is 6.20. The molecule has 0 spiro atoms. The Morgan fingerprint density at radius 1 is 1.25 bits per heavy atom. The van der Waals surface area contributed by atoms with E-state index < -0.39 is 0 Å². The van der Waals surface area contributed by atoms with Gasteiger partial charge in [-0.1, -0.05) is 6.58 Å². The van der Waals surface area contributed by atoms with E-state index in [1.807, 2.05) is 0 Å². The summed E-state index contributed by atoms with van der Waals surface area (Å²) in [5, 5.41) is 4.49. The van der Waals surface area contributed by atoms with E-state index in [9.17, 15) is 0 Å². The second-order valence-electron chi connectivity index (χ2n) is 3.72. The van der Waals surface area contributed by atoms with Crippen molar-refractivity contribution in [3.05, 3.63) is 11.9 Å². The van der Waals surface area contributed by atoms with Gasteiger partial charge in [-0.15, -0.1) is 0 Å². The van der Waals surface area contributed by atoms with Gasteiger partial charge in [0, 0.05) is 0 Å². The highest BCUT2D eigenvalue weighted by Gasteiger charge is 2.28. The van der Waals surface area contributed by atoms with Crippen LogP contribution >= 0.6 is 0 Å². The smallest absolute Gasteiger partial charge is 0.144 e. The first-order valence-electron chi connectivity index (χ1n) is 4.09. The van der Waals surface area contributed by atoms with Crippen LogP contribution in [0.4, 0.5) is 0 Å². The molecular weight excluding hydrogens is 166 g/mol. The maximum atomic E-state index is 3.90. The predicted octanol–water partition coefficient (Wildman–Crippen LogP) is -0.790. The van der Waals surface area contributed by atoms with Crippen LogP contribution in [0.5, 0.6) is 0 Å². The summed E-state index contributed by atoms with van der Waals surface area (Å²) in [6, 6.07) is 0. The zero-order valence-electron chi connectivity index (χ0n) is 9.10. The van der Waals surface area contributed by atoms with Crippen LogP contribution in [0.1, 0.15) is 6.92 Å². The van der Waals surface area contributed by atoms with Crippen molar-refractivity contribution in [2.45, 2.75) is 12.7 Å². The fraction of sp³-hybridized carbons (Fsp3) is 0.750. The Kier molecular flexibility index (Phi) is 3.96. The zero-order chi connectivity index (χ0) is 9.94. The molecule has 1 N–H and O–H groups in total. The van der Waals surface area contributed by atoms with E-state index in [4.69, 9.17) is 0 Å². The number of rotatable bonds is 4. The van der Waals surface area contributed by atoms with Gasteiger partial charge in [0.05, 0.1) is 10.2 Å². The molecule has 0 amide bonds. The standard InChI is InChI=1S/C8H21N3Si/c1-7(12)9-8(2,10(3)4)11(5)6/h9H,1H2,2-6,12H3. The summed E-state index contributed by atoms with van der Waals surface area (Å²) in [5.74, 6) is -0.126. The van der Waals surface area contributed by atoms with Crippen molar-refractivity contribution in [1.82, 2.24) is 15.1 Å². The van der Waals surface area contributed by atoms with E-state index in [1.54, 1.807) is 0 Å². The Hall–Kier alpha value is -0.323. The largest absolute Gasteiger partial charge is 0.364 e. The number of nitrogens with zero attached hydrogens (tertiary/aromatic N) is 2. The van der Waals surface area contributed by atoms with Crippen LogP contribution in [0, 0.1) is 0 Å². The molecule has 72 valence electrons. The predicted molar refractivity (Wildman–Crippen MR) is 58.0 cm³/mol. The van der Waals surface area contributed by atoms with Crippen LogP contribution in [-0.2, 0) is 0 Å². The Balaban J connectivity index is 4.51. The van der Waals surface area contributed by atoms with E-state index in [1.165, 1.54) is 0 Å². The highest BCUT2D eigenvalue weighted by atomic mass is 28.1. The molecule has 0 aliphatic heterocycles. The molecule has 0 radical (unpaired) electrons. The quantitative estimate of drug-likeness (QED) is 0.460. The molecule has 0 heterocycles. The Labute approximate surface area is 78.8 Å². The van der Waals surface area contributed by atoms with Crippen molar-refractivity contribution >= 4 is 10.2 Å². The molecule has 0 aromatic carbocycles. The van der Waals surface area contributed by atoms with Gasteiger partial charge in [-0.25, -0.2) is 0 Å². The van der Waals surface area contributed by atoms with Crippen LogP contribution in [0.2, 0.25) is 0 Å². The summed E-state index contributed by atoms with van der Waals surface area (Å²) in [6.45, 7) is 6.04. The van der Waals surface area contributed by atoms with Crippen molar-refractivity contribution in [2.24, 2.45) is 0 Å². The first kappa shape index (κ1) is 11.7. The molecular formula is C8H21N3Si. The Morgan fingerprint density at radius 3 is 1.67 bits per heavy atom. The summed E-state index contributed by atoms with van der Waals surface area (Å²) in [7, 11) is 9.19. The molecule has 3 nitrogen and oxygen atoms in total. The van der Waals surface area contributed by atoms with Crippen molar-refractivity contribution in [2.75, 3.05) is 28.2 Å². The molecule has 0 saturated carbocycles. The monoisotopic (exact) mass is 187 g/mol. The van der Waals surface area contributed by atoms with Gasteiger partial charge in [-0.2, -0.15) is 0 Å². The molecule has 4 heteroatoms. The molecule has 0 rings (SSSR count). The number of nitrogens with one attached hydrogen (secondary N) is 1. The van der Waals surface area contributed by atoms with Gasteiger partial charge in [0.2, 0.25) is 0 Å². The summed E-state index contributed by atoms with van der Waals surface area (Å²) in [5.41, 5.74) is 0. The highest BCUT2D eigenvalue weighted by Crippen LogP contribution is 2.10. The third-order valence-electron chi connectivity index (χ3n) is 2.19. The summed E-state index contributed by atoms with van der Waals surface area (Å²) in [4.78, 5) is 4.27. The van der Waals surface area contributed by atoms with Crippen LogP contribution in [0.3, 0.4) is 0 Å². The average Bonchev–Trinajstić information content (AvgIpc) is 1.84. The van der Waals surface area contributed by atoms with Gasteiger partial charge in [-0.3, -0.25) is 9.80 Å². The molecule has 0 aromatic heterocycles. The van der Waals surface area contributed by atoms with Gasteiger partial charge in [0.1, 0.15) is 5.79 Å². The lowest BCUT2D eigenvalue weighted by Gasteiger charge is -2.43. The lowest BCUT2D eigenvalue weighted by molar-refractivity contribution is 0.000222. The van der Waals surface area contributed by atoms with Crippen molar-refractivity contribution in [1.29, 1.82) is 0 Å². The van der Waals surface area contributed by atoms with E-state index in [2.05, 4.69) is 56.8 Å². The normalized spacial score (nSPS) is 12.6. The molecule has 0 bridgehead atoms. The minimum Gasteiger partial charge on any atom is -0.364 e. The van der Waals surface area contributed by atoms with E-state index in [0.29, 0.717) is 0 Å². The van der Waals surface area contributed by atoms with Crippen molar-refractivity contribution in [3.63, 3.8) is 0 Å². The zero-order valence-corrected chi connectivity index (χ0v) is 11.1. The third kappa shape index (κ3) is 2.62. The van der Waals surface area contributed by atoms with Crippen molar-refractivity contribution in [3.8, 4) is 0 Å². The maximum absolute atomic E-state index is 3.90. The molecule has 0 aromatic rings. The Bertz CT molecular complexity index is 158. The van der Waals surface area contributed by atoms with E-state index >= 15 is 0 Å². The molecule has 0 unspecified atom stereocenters. The Morgan fingerprint density at radius 2 is 1.58 bits per heavy atom. The first-order valence-corrected chi connectivity index (χ1v) is 5.09. The van der Waals surface area contributed by atoms with Gasteiger partial charge in [0.25, 0.3) is 0 Å². The molecule has 0 atom stereocenters. The molecule has 0 aliphatic carbocycles. The summed E-state index contributed by atoms with van der Waals surface area (Å²) >= 11 is 0. The van der Waals surface area contributed by atoms with Crippen LogP contribution in [-0.4, -0.2) is 54.0 Å². The lowest BCUT2D eigenvalue weighted by atomic mass is 10.3. The number of hydrogen-bond acceptors (Lipinski definition) is 3. The van der Waals surface area contributed by atoms with Gasteiger partial charge >= 0.3 is 0 Å². The van der Waals surface area contributed by atoms with Crippen LogP contribution in [0.25, 0.3) is 0 Å². The van der Waals surface area contributed by atoms with Gasteiger partial charge in [-0.05, 0) is 40.4 Å². The molecule has 0 saturated heterocycles.